The Morgan fingerprint density at radius 1 is 1.00 bits per heavy atom. The number of nitrogens with one attached hydrogen (secondary N) is 1. The predicted molar refractivity (Wildman–Crippen MR) is 125 cm³/mol. The van der Waals surface area contributed by atoms with E-state index in [1.165, 1.54) is 0 Å². The fourth-order valence-corrected chi connectivity index (χ4v) is 3.33. The van der Waals surface area contributed by atoms with Crippen molar-refractivity contribution in [3.63, 3.8) is 0 Å². The number of aromatic nitrogens is 4. The average molecular weight is 444 g/mol. The highest BCUT2D eigenvalue weighted by Gasteiger charge is 2.13. The number of esters is 1. The predicted octanol–water partition coefficient (Wildman–Crippen LogP) is 3.79. The highest BCUT2D eigenvalue weighted by atomic mass is 16.5. The number of benzene rings is 2. The van der Waals surface area contributed by atoms with E-state index < -0.39 is 11.9 Å². The topological polar surface area (TPSA) is 91.0 Å². The first-order valence-electron chi connectivity index (χ1n) is 10.7. The maximum Gasteiger partial charge on any atom is 0.306 e. The summed E-state index contributed by atoms with van der Waals surface area (Å²) in [6.45, 7) is 3.49. The molecule has 8 heteroatoms. The van der Waals surface area contributed by atoms with E-state index in [0.717, 1.165) is 28.2 Å². The zero-order valence-electron chi connectivity index (χ0n) is 18.6. The van der Waals surface area contributed by atoms with E-state index in [9.17, 15) is 9.59 Å². The molecule has 1 N–H and O–H groups in total. The molecule has 2 aromatic carbocycles. The van der Waals surface area contributed by atoms with Crippen LogP contribution in [0.4, 0.5) is 5.82 Å². The van der Waals surface area contributed by atoms with Gasteiger partial charge in [0.2, 0.25) is 0 Å². The largest absolute Gasteiger partial charge is 0.456 e. The second-order valence-electron chi connectivity index (χ2n) is 7.76. The molecule has 0 spiro atoms. The molecule has 8 nitrogen and oxygen atoms in total. The van der Waals surface area contributed by atoms with E-state index >= 15 is 0 Å². The lowest BCUT2D eigenvalue weighted by molar-refractivity contribution is -0.147. The van der Waals surface area contributed by atoms with Crippen LogP contribution in [0, 0.1) is 13.8 Å². The van der Waals surface area contributed by atoms with Crippen LogP contribution >= 0.6 is 0 Å². The molecular formula is C25H25N5O3. The normalized spacial score (nSPS) is 10.7. The van der Waals surface area contributed by atoms with Crippen LogP contribution in [0.5, 0.6) is 0 Å². The molecule has 1 amide bonds. The molecule has 0 aliphatic rings. The number of carbonyl (C=O) groups is 2. The van der Waals surface area contributed by atoms with Crippen LogP contribution < -0.4 is 5.32 Å². The number of hydrogen-bond donors (Lipinski definition) is 1. The SMILES string of the molecule is Cc1ccc(-n2nc(C)cc2NC(=O)COC(=O)CCc2cnn(-c3ccccc3)c2)cc1. The summed E-state index contributed by atoms with van der Waals surface area (Å²) >= 11 is 0. The first kappa shape index (κ1) is 22.0. The van der Waals surface area contributed by atoms with Crippen LogP contribution in [-0.4, -0.2) is 38.0 Å². The van der Waals surface area contributed by atoms with Crippen molar-refractivity contribution in [1.82, 2.24) is 19.6 Å². The molecule has 0 fully saturated rings. The summed E-state index contributed by atoms with van der Waals surface area (Å²) in [6, 6.07) is 19.3. The number of rotatable bonds is 8. The van der Waals surface area contributed by atoms with Crippen molar-refractivity contribution in [3.8, 4) is 11.4 Å². The Bertz CT molecular complexity index is 1240. The number of aryl methyl sites for hydroxylation is 3. The first-order chi connectivity index (χ1) is 16.0. The van der Waals surface area contributed by atoms with Crippen molar-refractivity contribution < 1.29 is 14.3 Å². The molecule has 0 saturated heterocycles. The lowest BCUT2D eigenvalue weighted by atomic mass is 10.2. The Labute approximate surface area is 191 Å². The van der Waals surface area contributed by atoms with E-state index in [2.05, 4.69) is 15.5 Å². The number of amides is 1. The molecule has 4 aromatic rings. The molecule has 33 heavy (non-hydrogen) atoms. The second-order valence-corrected chi connectivity index (χ2v) is 7.76. The van der Waals surface area contributed by atoms with Crippen molar-refractivity contribution in [2.45, 2.75) is 26.7 Å². The number of nitrogens with zero attached hydrogens (tertiary/aromatic N) is 4. The van der Waals surface area contributed by atoms with Gasteiger partial charge in [0.15, 0.2) is 6.61 Å². The smallest absolute Gasteiger partial charge is 0.306 e. The molecule has 168 valence electrons. The minimum absolute atomic E-state index is 0.161. The Morgan fingerprint density at radius 3 is 2.52 bits per heavy atom. The summed E-state index contributed by atoms with van der Waals surface area (Å²) in [5.74, 6) is -0.347. The zero-order chi connectivity index (χ0) is 23.2. The minimum atomic E-state index is -0.444. The van der Waals surface area contributed by atoms with Gasteiger partial charge in [-0.2, -0.15) is 10.2 Å². The van der Waals surface area contributed by atoms with Crippen molar-refractivity contribution in [2.24, 2.45) is 0 Å². The quantitative estimate of drug-likeness (QED) is 0.419. The highest BCUT2D eigenvalue weighted by Crippen LogP contribution is 2.17. The van der Waals surface area contributed by atoms with Gasteiger partial charge in [-0.1, -0.05) is 35.9 Å². The van der Waals surface area contributed by atoms with Gasteiger partial charge in [-0.3, -0.25) is 9.59 Å². The van der Waals surface area contributed by atoms with E-state index in [4.69, 9.17) is 4.74 Å². The van der Waals surface area contributed by atoms with Crippen LogP contribution in [0.2, 0.25) is 0 Å². The molecule has 0 atom stereocenters. The van der Waals surface area contributed by atoms with Gasteiger partial charge < -0.3 is 10.1 Å². The molecule has 2 heterocycles. The highest BCUT2D eigenvalue weighted by molar-refractivity contribution is 5.92. The fourth-order valence-electron chi connectivity index (χ4n) is 3.33. The van der Waals surface area contributed by atoms with Gasteiger partial charge in [-0.15, -0.1) is 0 Å². The van der Waals surface area contributed by atoms with Crippen molar-refractivity contribution in [2.75, 3.05) is 11.9 Å². The molecule has 0 saturated carbocycles. The molecule has 0 aliphatic carbocycles. The number of carbonyl (C=O) groups excluding carboxylic acids is 2. The summed E-state index contributed by atoms with van der Waals surface area (Å²) in [7, 11) is 0. The van der Waals surface area contributed by atoms with Gasteiger partial charge in [-0.25, -0.2) is 9.36 Å². The van der Waals surface area contributed by atoms with Crippen molar-refractivity contribution >= 4 is 17.7 Å². The molecule has 0 radical (unpaired) electrons. The number of hydrogen-bond acceptors (Lipinski definition) is 5. The first-order valence-corrected chi connectivity index (χ1v) is 10.7. The third-order valence-corrected chi connectivity index (χ3v) is 5.02. The lowest BCUT2D eigenvalue weighted by Crippen LogP contribution is -2.22. The maximum absolute atomic E-state index is 12.4. The zero-order valence-corrected chi connectivity index (χ0v) is 18.6. The Morgan fingerprint density at radius 2 is 1.76 bits per heavy atom. The summed E-state index contributed by atoms with van der Waals surface area (Å²) < 4.78 is 8.56. The summed E-state index contributed by atoms with van der Waals surface area (Å²) in [5.41, 5.74) is 4.59. The Balaban J connectivity index is 1.27. The van der Waals surface area contributed by atoms with E-state index in [0.29, 0.717) is 12.2 Å². The third-order valence-electron chi connectivity index (χ3n) is 5.02. The van der Waals surface area contributed by atoms with Crippen LogP contribution in [0.15, 0.2) is 73.1 Å². The maximum atomic E-state index is 12.4. The van der Waals surface area contributed by atoms with Crippen LogP contribution in [0.25, 0.3) is 11.4 Å². The van der Waals surface area contributed by atoms with E-state index in [1.807, 2.05) is 74.6 Å². The number of ether oxygens (including phenoxy) is 1. The van der Waals surface area contributed by atoms with Crippen LogP contribution in [0.1, 0.15) is 23.2 Å². The van der Waals surface area contributed by atoms with Crippen molar-refractivity contribution in [3.05, 3.63) is 89.9 Å². The van der Waals surface area contributed by atoms with Gasteiger partial charge in [0, 0.05) is 18.7 Å². The summed E-state index contributed by atoms with van der Waals surface area (Å²) in [5, 5.41) is 11.5. The molecule has 4 rings (SSSR count). The Hall–Kier alpha value is -4.20. The van der Waals surface area contributed by atoms with Gasteiger partial charge in [0.25, 0.3) is 5.91 Å². The standard InChI is InChI=1S/C25H25N5O3/c1-18-8-11-22(12-9-18)30-23(14-19(2)28-30)27-24(31)17-33-25(32)13-10-20-15-26-29(16-20)21-6-4-3-5-7-21/h3-9,11-12,14-16H,10,13,17H2,1-2H3,(H,27,31). The lowest BCUT2D eigenvalue weighted by Gasteiger charge is -2.09. The molecule has 0 bridgehead atoms. The van der Waals surface area contributed by atoms with Gasteiger partial charge in [0.05, 0.1) is 23.3 Å². The number of para-hydroxylation sites is 1. The monoisotopic (exact) mass is 443 g/mol. The average Bonchev–Trinajstić information content (AvgIpc) is 3.44. The van der Waals surface area contributed by atoms with Gasteiger partial charge >= 0.3 is 5.97 Å². The molecular weight excluding hydrogens is 418 g/mol. The molecule has 2 aromatic heterocycles. The third kappa shape index (κ3) is 5.74. The molecule has 0 unspecified atom stereocenters. The van der Waals surface area contributed by atoms with Crippen molar-refractivity contribution in [1.29, 1.82) is 0 Å². The van der Waals surface area contributed by atoms with E-state index in [1.54, 1.807) is 21.6 Å². The second kappa shape index (κ2) is 9.95. The summed E-state index contributed by atoms with van der Waals surface area (Å²) in [4.78, 5) is 24.5. The fraction of sp³-hybridized carbons (Fsp3) is 0.200. The molecule has 0 aliphatic heterocycles. The minimum Gasteiger partial charge on any atom is -0.456 e. The number of anilines is 1. The van der Waals surface area contributed by atoms with Crippen LogP contribution in [0.3, 0.4) is 0 Å². The van der Waals surface area contributed by atoms with E-state index in [-0.39, 0.29) is 13.0 Å². The summed E-state index contributed by atoms with van der Waals surface area (Å²) in [6.07, 6.45) is 4.24. The van der Waals surface area contributed by atoms with Gasteiger partial charge in [-0.05, 0) is 50.1 Å². The Kier molecular flexibility index (Phi) is 6.64. The van der Waals surface area contributed by atoms with Crippen LogP contribution in [-0.2, 0) is 20.7 Å². The van der Waals surface area contributed by atoms with Gasteiger partial charge in [0.1, 0.15) is 5.82 Å².